The van der Waals surface area contributed by atoms with Gasteiger partial charge in [0.1, 0.15) is 0 Å². The van der Waals surface area contributed by atoms with Gasteiger partial charge in [-0.25, -0.2) is 0 Å². The summed E-state index contributed by atoms with van der Waals surface area (Å²) in [6.45, 7) is 2.13. The number of benzene rings is 1. The largest absolute Gasteiger partial charge is 0.271 e. The van der Waals surface area contributed by atoms with E-state index in [1.54, 1.807) is 0 Å². The Hall–Kier alpha value is -1.23. The number of rotatable bonds is 3. The summed E-state index contributed by atoms with van der Waals surface area (Å²) in [6.07, 6.45) is 5.31. The lowest BCUT2D eigenvalue weighted by Gasteiger charge is -2.32. The third-order valence-electron chi connectivity index (χ3n) is 4.40. The van der Waals surface area contributed by atoms with E-state index in [1.165, 1.54) is 28.8 Å². The molecule has 110 valence electrons. The molecular weight excluding hydrogens is 326 g/mol. The van der Waals surface area contributed by atoms with Crippen molar-refractivity contribution < 1.29 is 0 Å². The Morgan fingerprint density at radius 1 is 1.38 bits per heavy atom. The second kappa shape index (κ2) is 6.26. The number of hydrogen-bond acceptors (Lipinski definition) is 3. The molecule has 2 aromatic rings. The van der Waals surface area contributed by atoms with Gasteiger partial charge in [0.05, 0.1) is 6.04 Å². The summed E-state index contributed by atoms with van der Waals surface area (Å²) in [4.78, 5) is 4.64. The van der Waals surface area contributed by atoms with Gasteiger partial charge in [-0.3, -0.25) is 16.3 Å². The molecule has 0 saturated carbocycles. The van der Waals surface area contributed by atoms with E-state index < -0.39 is 0 Å². The molecule has 3 nitrogen and oxygen atoms in total. The van der Waals surface area contributed by atoms with Crippen LogP contribution in [0.15, 0.2) is 41.0 Å². The van der Waals surface area contributed by atoms with E-state index in [1.807, 2.05) is 12.3 Å². The van der Waals surface area contributed by atoms with Gasteiger partial charge >= 0.3 is 0 Å². The summed E-state index contributed by atoms with van der Waals surface area (Å²) in [5.41, 5.74) is 8.10. The van der Waals surface area contributed by atoms with Crippen LogP contribution in [0.25, 0.3) is 0 Å². The number of pyridine rings is 1. The van der Waals surface area contributed by atoms with Crippen LogP contribution in [0.1, 0.15) is 47.2 Å². The molecule has 0 bridgehead atoms. The van der Waals surface area contributed by atoms with Crippen LogP contribution < -0.4 is 11.3 Å². The summed E-state index contributed by atoms with van der Waals surface area (Å²) in [6, 6.07) is 10.7. The van der Waals surface area contributed by atoms with Crippen molar-refractivity contribution in [3.8, 4) is 0 Å². The molecule has 0 aliphatic heterocycles. The first-order valence-electron chi connectivity index (χ1n) is 7.36. The van der Waals surface area contributed by atoms with Gasteiger partial charge in [-0.15, -0.1) is 0 Å². The van der Waals surface area contributed by atoms with E-state index >= 15 is 0 Å². The maximum absolute atomic E-state index is 5.92. The molecule has 0 saturated heterocycles. The van der Waals surface area contributed by atoms with Crippen LogP contribution >= 0.6 is 15.9 Å². The fourth-order valence-electron chi connectivity index (χ4n) is 3.34. The van der Waals surface area contributed by atoms with Crippen LogP contribution in [0, 0.1) is 6.92 Å². The van der Waals surface area contributed by atoms with E-state index in [9.17, 15) is 0 Å². The van der Waals surface area contributed by atoms with Crippen LogP contribution in [-0.2, 0) is 6.42 Å². The molecule has 21 heavy (non-hydrogen) atoms. The van der Waals surface area contributed by atoms with Crippen LogP contribution in [-0.4, -0.2) is 4.98 Å². The minimum absolute atomic E-state index is 0.0939. The number of nitrogens with two attached hydrogens (primary N) is 1. The number of nitrogens with one attached hydrogen (secondary N) is 1. The highest BCUT2D eigenvalue weighted by atomic mass is 79.9. The number of aromatic nitrogens is 1. The molecule has 1 heterocycles. The molecule has 1 aromatic heterocycles. The average molecular weight is 346 g/mol. The summed E-state index contributed by atoms with van der Waals surface area (Å²) in [7, 11) is 0. The molecule has 0 spiro atoms. The maximum Gasteiger partial charge on any atom is 0.0546 e. The molecule has 1 aliphatic carbocycles. The van der Waals surface area contributed by atoms with E-state index in [0.717, 1.165) is 17.3 Å². The Kier molecular flexibility index (Phi) is 4.38. The van der Waals surface area contributed by atoms with Crippen molar-refractivity contribution in [2.75, 3.05) is 0 Å². The molecule has 0 fully saturated rings. The van der Waals surface area contributed by atoms with Crippen molar-refractivity contribution in [2.45, 2.75) is 38.1 Å². The van der Waals surface area contributed by atoms with Crippen molar-refractivity contribution >= 4 is 15.9 Å². The minimum atomic E-state index is 0.0939. The minimum Gasteiger partial charge on any atom is -0.271 e. The van der Waals surface area contributed by atoms with Gasteiger partial charge in [0.25, 0.3) is 0 Å². The van der Waals surface area contributed by atoms with Gasteiger partial charge in [0.2, 0.25) is 0 Å². The molecule has 3 rings (SSSR count). The van der Waals surface area contributed by atoms with E-state index in [2.05, 4.69) is 57.5 Å². The van der Waals surface area contributed by atoms with Gasteiger partial charge < -0.3 is 0 Å². The fourth-order valence-corrected chi connectivity index (χ4v) is 3.72. The number of hydrogen-bond donors (Lipinski definition) is 2. The summed E-state index contributed by atoms with van der Waals surface area (Å²) >= 11 is 3.57. The lowest BCUT2D eigenvalue weighted by molar-refractivity contribution is 0.398. The predicted molar refractivity (Wildman–Crippen MR) is 88.9 cm³/mol. The number of halogens is 1. The van der Waals surface area contributed by atoms with Crippen LogP contribution in [0.5, 0.6) is 0 Å². The molecule has 1 aliphatic rings. The third kappa shape index (κ3) is 2.89. The lowest BCUT2D eigenvalue weighted by Crippen LogP contribution is -2.35. The monoisotopic (exact) mass is 345 g/mol. The van der Waals surface area contributed by atoms with E-state index in [-0.39, 0.29) is 6.04 Å². The van der Waals surface area contributed by atoms with E-state index in [0.29, 0.717) is 5.92 Å². The van der Waals surface area contributed by atoms with Gasteiger partial charge in [-0.2, -0.15) is 0 Å². The van der Waals surface area contributed by atoms with Crippen molar-refractivity contribution in [1.29, 1.82) is 0 Å². The number of nitrogens with zero attached hydrogens (tertiary/aromatic N) is 1. The van der Waals surface area contributed by atoms with Gasteiger partial charge in [0, 0.05) is 22.3 Å². The van der Waals surface area contributed by atoms with E-state index in [4.69, 9.17) is 5.84 Å². The fraction of sp³-hybridized carbons (Fsp3) is 0.353. The summed E-state index contributed by atoms with van der Waals surface area (Å²) in [5, 5.41) is 0. The van der Waals surface area contributed by atoms with Gasteiger partial charge in [0.15, 0.2) is 0 Å². The zero-order valence-corrected chi connectivity index (χ0v) is 13.7. The van der Waals surface area contributed by atoms with Crippen LogP contribution in [0.3, 0.4) is 0 Å². The molecule has 3 N–H and O–H groups in total. The van der Waals surface area contributed by atoms with Crippen molar-refractivity contribution in [2.24, 2.45) is 5.84 Å². The SMILES string of the molecule is Cc1ccc(Br)cc1C(NN)C1CCCc2cccnc21. The van der Waals surface area contributed by atoms with Crippen molar-refractivity contribution in [3.63, 3.8) is 0 Å². The Morgan fingerprint density at radius 3 is 3.05 bits per heavy atom. The summed E-state index contributed by atoms with van der Waals surface area (Å²) in [5.74, 6) is 6.25. The molecule has 0 amide bonds. The number of fused-ring (bicyclic) bond motifs is 1. The molecule has 1 aromatic carbocycles. The standard InChI is InChI=1S/C17H20BrN3/c1-11-7-8-13(18)10-15(11)17(21-19)14-6-2-4-12-5-3-9-20-16(12)14/h3,5,7-10,14,17,21H,2,4,6,19H2,1H3. The highest BCUT2D eigenvalue weighted by Crippen LogP contribution is 2.40. The van der Waals surface area contributed by atoms with Gasteiger partial charge in [-0.1, -0.05) is 28.1 Å². The molecule has 2 unspecified atom stereocenters. The third-order valence-corrected chi connectivity index (χ3v) is 4.89. The zero-order chi connectivity index (χ0) is 14.8. The summed E-state index contributed by atoms with van der Waals surface area (Å²) < 4.78 is 1.08. The van der Waals surface area contributed by atoms with Crippen LogP contribution in [0.4, 0.5) is 0 Å². The lowest BCUT2D eigenvalue weighted by atomic mass is 9.79. The normalized spacial score (nSPS) is 19.1. The first-order valence-corrected chi connectivity index (χ1v) is 8.16. The van der Waals surface area contributed by atoms with Crippen molar-refractivity contribution in [1.82, 2.24) is 10.4 Å². The first kappa shape index (κ1) is 14.7. The van der Waals surface area contributed by atoms with Gasteiger partial charge in [-0.05, 0) is 61.1 Å². The molecule has 4 heteroatoms. The number of aryl methyl sites for hydroxylation is 2. The quantitative estimate of drug-likeness (QED) is 0.657. The Morgan fingerprint density at radius 2 is 2.24 bits per heavy atom. The maximum atomic E-state index is 5.92. The smallest absolute Gasteiger partial charge is 0.0546 e. The van der Waals surface area contributed by atoms with Crippen LogP contribution in [0.2, 0.25) is 0 Å². The highest BCUT2D eigenvalue weighted by molar-refractivity contribution is 9.10. The molecule has 2 atom stereocenters. The first-order chi connectivity index (χ1) is 10.2. The van der Waals surface area contributed by atoms with Crippen molar-refractivity contribution in [3.05, 3.63) is 63.4 Å². The molecule has 0 radical (unpaired) electrons. The Bertz CT molecular complexity index is 642. The zero-order valence-electron chi connectivity index (χ0n) is 12.1. The second-order valence-electron chi connectivity index (χ2n) is 5.69. The highest BCUT2D eigenvalue weighted by Gasteiger charge is 2.30. The second-order valence-corrected chi connectivity index (χ2v) is 6.61. The predicted octanol–water partition coefficient (Wildman–Crippen LogP) is 3.78. The molecular formula is C17H20BrN3. The Balaban J connectivity index is 2.03. The number of hydrazine groups is 1. The topological polar surface area (TPSA) is 50.9 Å². The Labute approximate surface area is 134 Å². The average Bonchev–Trinajstić information content (AvgIpc) is 2.51.